The third-order valence-electron chi connectivity index (χ3n) is 3.89. The molecule has 0 atom stereocenters. The molecule has 6 heteroatoms. The fourth-order valence-corrected chi connectivity index (χ4v) is 4.06. The summed E-state index contributed by atoms with van der Waals surface area (Å²) in [4.78, 5) is 12.2. The zero-order valence-electron chi connectivity index (χ0n) is 14.9. The minimum atomic E-state index is -3.72. The van der Waals surface area contributed by atoms with Crippen LogP contribution in [0, 0.1) is 13.8 Å². The quantitative estimate of drug-likeness (QED) is 0.736. The van der Waals surface area contributed by atoms with Crippen molar-refractivity contribution in [2.24, 2.45) is 0 Å². The number of benzene rings is 2. The standard InChI is InChI=1S/C19H23NO4S/c1-5-20(25(22,23)17-11-7-14(3)8-12-17)18-13-16(10-9-15(18)4)19(21)24-6-2/h7-13H,5-6H2,1-4H3. The summed E-state index contributed by atoms with van der Waals surface area (Å²) in [7, 11) is -3.72. The lowest BCUT2D eigenvalue weighted by molar-refractivity contribution is 0.0526. The van der Waals surface area contributed by atoms with E-state index in [-0.39, 0.29) is 18.0 Å². The van der Waals surface area contributed by atoms with E-state index in [1.54, 1.807) is 56.3 Å². The Bertz CT molecular complexity index is 857. The van der Waals surface area contributed by atoms with Crippen molar-refractivity contribution in [3.05, 3.63) is 59.2 Å². The van der Waals surface area contributed by atoms with Crippen molar-refractivity contribution in [2.45, 2.75) is 32.6 Å². The number of hydrogen-bond acceptors (Lipinski definition) is 4. The molecule has 5 nitrogen and oxygen atoms in total. The summed E-state index contributed by atoms with van der Waals surface area (Å²) < 4.78 is 32.4. The molecule has 2 aromatic rings. The van der Waals surface area contributed by atoms with Crippen LogP contribution in [0.25, 0.3) is 0 Å². The van der Waals surface area contributed by atoms with Crippen LogP contribution in [0.1, 0.15) is 35.3 Å². The number of aryl methyl sites for hydroxylation is 2. The minimum absolute atomic E-state index is 0.223. The van der Waals surface area contributed by atoms with Crippen molar-refractivity contribution in [1.29, 1.82) is 0 Å². The van der Waals surface area contributed by atoms with Gasteiger partial charge in [0.2, 0.25) is 0 Å². The van der Waals surface area contributed by atoms with Crippen LogP contribution in [-0.2, 0) is 14.8 Å². The smallest absolute Gasteiger partial charge is 0.338 e. The number of ether oxygens (including phenoxy) is 1. The van der Waals surface area contributed by atoms with Crippen LogP contribution in [0.5, 0.6) is 0 Å². The molecule has 0 aliphatic heterocycles. The maximum Gasteiger partial charge on any atom is 0.338 e. The van der Waals surface area contributed by atoms with Gasteiger partial charge in [-0.25, -0.2) is 13.2 Å². The van der Waals surface area contributed by atoms with Gasteiger partial charge in [0.05, 0.1) is 22.8 Å². The predicted molar refractivity (Wildman–Crippen MR) is 98.5 cm³/mol. The monoisotopic (exact) mass is 361 g/mol. The summed E-state index contributed by atoms with van der Waals surface area (Å²) in [6, 6.07) is 11.7. The summed E-state index contributed by atoms with van der Waals surface area (Å²) >= 11 is 0. The average Bonchev–Trinajstić information content (AvgIpc) is 2.57. The molecule has 0 aliphatic carbocycles. The Hall–Kier alpha value is -2.34. The highest BCUT2D eigenvalue weighted by atomic mass is 32.2. The van der Waals surface area contributed by atoms with E-state index in [0.717, 1.165) is 11.1 Å². The van der Waals surface area contributed by atoms with Gasteiger partial charge in [0.15, 0.2) is 0 Å². The maximum absolute atomic E-state index is 13.0. The molecule has 134 valence electrons. The summed E-state index contributed by atoms with van der Waals surface area (Å²) in [5.41, 5.74) is 2.57. The Morgan fingerprint density at radius 1 is 1.04 bits per heavy atom. The fourth-order valence-electron chi connectivity index (χ4n) is 2.53. The first-order valence-electron chi connectivity index (χ1n) is 8.18. The Balaban J connectivity index is 2.51. The maximum atomic E-state index is 13.0. The highest BCUT2D eigenvalue weighted by Gasteiger charge is 2.25. The molecule has 0 unspecified atom stereocenters. The number of nitrogens with zero attached hydrogens (tertiary/aromatic N) is 1. The summed E-state index contributed by atoms with van der Waals surface area (Å²) in [5.74, 6) is -0.465. The lowest BCUT2D eigenvalue weighted by Gasteiger charge is -2.25. The van der Waals surface area contributed by atoms with Crippen molar-refractivity contribution in [1.82, 2.24) is 0 Å². The molecule has 25 heavy (non-hydrogen) atoms. The first-order chi connectivity index (χ1) is 11.8. The predicted octanol–water partition coefficient (Wildman–Crippen LogP) is 3.70. The molecule has 0 spiro atoms. The number of sulfonamides is 1. The zero-order valence-corrected chi connectivity index (χ0v) is 15.8. The number of esters is 1. The van der Waals surface area contributed by atoms with Gasteiger partial charge in [-0.3, -0.25) is 4.31 Å². The number of rotatable bonds is 6. The second-order valence-electron chi connectivity index (χ2n) is 5.70. The third kappa shape index (κ3) is 4.02. The number of carbonyl (C=O) groups is 1. The van der Waals surface area contributed by atoms with Gasteiger partial charge < -0.3 is 4.74 Å². The Kier molecular flexibility index (Phi) is 5.85. The molecule has 0 heterocycles. The molecule has 0 aromatic heterocycles. The molecule has 0 N–H and O–H groups in total. The molecular weight excluding hydrogens is 338 g/mol. The lowest BCUT2D eigenvalue weighted by Crippen LogP contribution is -2.31. The molecule has 0 radical (unpaired) electrons. The van der Waals surface area contributed by atoms with E-state index < -0.39 is 16.0 Å². The normalized spacial score (nSPS) is 11.2. The first kappa shape index (κ1) is 19.0. The average molecular weight is 361 g/mol. The number of anilines is 1. The van der Waals surface area contributed by atoms with Gasteiger partial charge in [-0.15, -0.1) is 0 Å². The van der Waals surface area contributed by atoms with Gasteiger partial charge in [0.25, 0.3) is 10.0 Å². The van der Waals surface area contributed by atoms with E-state index in [1.807, 2.05) is 13.8 Å². The van der Waals surface area contributed by atoms with E-state index in [1.165, 1.54) is 4.31 Å². The largest absolute Gasteiger partial charge is 0.462 e. The summed E-state index contributed by atoms with van der Waals surface area (Å²) in [6.45, 7) is 7.73. The first-order valence-corrected chi connectivity index (χ1v) is 9.62. The van der Waals surface area contributed by atoms with Gasteiger partial charge >= 0.3 is 5.97 Å². The van der Waals surface area contributed by atoms with Crippen molar-refractivity contribution >= 4 is 21.7 Å². The van der Waals surface area contributed by atoms with Crippen LogP contribution in [0.4, 0.5) is 5.69 Å². The SMILES string of the molecule is CCOC(=O)c1ccc(C)c(N(CC)S(=O)(=O)c2ccc(C)cc2)c1. The molecule has 0 saturated carbocycles. The zero-order chi connectivity index (χ0) is 18.6. The van der Waals surface area contributed by atoms with Crippen molar-refractivity contribution in [3.63, 3.8) is 0 Å². The third-order valence-corrected chi connectivity index (χ3v) is 5.79. The summed E-state index contributed by atoms with van der Waals surface area (Å²) in [5, 5.41) is 0. The van der Waals surface area contributed by atoms with Gasteiger partial charge in [-0.1, -0.05) is 23.8 Å². The van der Waals surface area contributed by atoms with Crippen LogP contribution in [0.2, 0.25) is 0 Å². The van der Waals surface area contributed by atoms with Crippen molar-refractivity contribution in [2.75, 3.05) is 17.5 Å². The van der Waals surface area contributed by atoms with E-state index in [9.17, 15) is 13.2 Å². The Morgan fingerprint density at radius 3 is 2.24 bits per heavy atom. The van der Waals surface area contributed by atoms with Gasteiger partial charge in [-0.05, 0) is 57.5 Å². The van der Waals surface area contributed by atoms with Crippen LogP contribution in [0.15, 0.2) is 47.4 Å². The van der Waals surface area contributed by atoms with Gasteiger partial charge in [0.1, 0.15) is 0 Å². The van der Waals surface area contributed by atoms with Crippen molar-refractivity contribution < 1.29 is 17.9 Å². The van der Waals surface area contributed by atoms with Crippen LogP contribution >= 0.6 is 0 Å². The molecule has 0 fully saturated rings. The van der Waals surface area contributed by atoms with E-state index in [0.29, 0.717) is 11.3 Å². The molecule has 0 bridgehead atoms. The second kappa shape index (κ2) is 7.70. The summed E-state index contributed by atoms with van der Waals surface area (Å²) in [6.07, 6.45) is 0. The van der Waals surface area contributed by atoms with Crippen LogP contribution in [-0.4, -0.2) is 27.5 Å². The highest BCUT2D eigenvalue weighted by Crippen LogP contribution is 2.28. The second-order valence-corrected chi connectivity index (χ2v) is 7.57. The van der Waals surface area contributed by atoms with E-state index in [2.05, 4.69) is 0 Å². The van der Waals surface area contributed by atoms with E-state index >= 15 is 0 Å². The molecule has 0 amide bonds. The van der Waals surface area contributed by atoms with Crippen LogP contribution in [0.3, 0.4) is 0 Å². The van der Waals surface area contributed by atoms with Crippen LogP contribution < -0.4 is 4.31 Å². The topological polar surface area (TPSA) is 63.7 Å². The van der Waals surface area contributed by atoms with E-state index in [4.69, 9.17) is 4.74 Å². The molecule has 0 saturated heterocycles. The molecule has 2 rings (SSSR count). The lowest BCUT2D eigenvalue weighted by atomic mass is 10.1. The van der Waals surface area contributed by atoms with Gasteiger partial charge in [0, 0.05) is 6.54 Å². The molecular formula is C19H23NO4S. The molecule has 0 aliphatic rings. The number of carbonyl (C=O) groups excluding carboxylic acids is 1. The Morgan fingerprint density at radius 2 is 1.68 bits per heavy atom. The fraction of sp³-hybridized carbons (Fsp3) is 0.316. The van der Waals surface area contributed by atoms with Crippen molar-refractivity contribution in [3.8, 4) is 0 Å². The Labute approximate surface area is 149 Å². The van der Waals surface area contributed by atoms with Gasteiger partial charge in [-0.2, -0.15) is 0 Å². The highest BCUT2D eigenvalue weighted by molar-refractivity contribution is 7.92. The molecule has 2 aromatic carbocycles. The minimum Gasteiger partial charge on any atom is -0.462 e. The number of hydrogen-bond donors (Lipinski definition) is 0.